The van der Waals surface area contributed by atoms with Crippen molar-refractivity contribution in [3.05, 3.63) is 23.8 Å². The number of allylic oxidation sites excluding steroid dienone is 2. The summed E-state index contributed by atoms with van der Waals surface area (Å²) in [5.41, 5.74) is 0.951. The van der Waals surface area contributed by atoms with E-state index in [0.29, 0.717) is 11.8 Å². The Kier molecular flexibility index (Phi) is 6.24. The number of carbonyl (C=O) groups is 2. The molecule has 2 saturated heterocycles. The van der Waals surface area contributed by atoms with Gasteiger partial charge in [0.1, 0.15) is 11.7 Å². The monoisotopic (exact) mass is 429 g/mol. The smallest absolute Gasteiger partial charge is 0.411 e. The first-order valence-corrected chi connectivity index (χ1v) is 12.3. The zero-order chi connectivity index (χ0) is 22.3. The molecule has 0 aromatic carbocycles. The quantitative estimate of drug-likeness (QED) is 0.421. The molecule has 5 nitrogen and oxygen atoms in total. The molecule has 0 radical (unpaired) electrons. The van der Waals surface area contributed by atoms with Crippen LogP contribution in [0.5, 0.6) is 0 Å². The number of cyclic esters (lactones) is 1. The van der Waals surface area contributed by atoms with E-state index in [0.717, 1.165) is 25.7 Å². The minimum atomic E-state index is -0.502. The lowest BCUT2D eigenvalue weighted by molar-refractivity contribution is -0.142. The molecule has 172 valence electrons. The molecule has 4 aliphatic rings. The van der Waals surface area contributed by atoms with Gasteiger partial charge in [-0.05, 0) is 85.0 Å². The van der Waals surface area contributed by atoms with E-state index in [4.69, 9.17) is 9.47 Å². The molecule has 0 aromatic heterocycles. The number of fused-ring (bicyclic) bond motifs is 2. The predicted molar refractivity (Wildman–Crippen MR) is 120 cm³/mol. The van der Waals surface area contributed by atoms with Crippen LogP contribution in [0.4, 0.5) is 4.79 Å². The second-order valence-electron chi connectivity index (χ2n) is 11.0. The summed E-state index contributed by atoms with van der Waals surface area (Å²) in [5.74, 6) is 0.825. The van der Waals surface area contributed by atoms with E-state index < -0.39 is 5.60 Å². The first-order chi connectivity index (χ1) is 14.7. The van der Waals surface area contributed by atoms with Crippen LogP contribution in [0.25, 0.3) is 0 Å². The second kappa shape index (κ2) is 8.63. The molecule has 0 spiro atoms. The van der Waals surface area contributed by atoms with Crippen LogP contribution in [-0.2, 0) is 14.3 Å². The highest BCUT2D eigenvalue weighted by Crippen LogP contribution is 2.50. The van der Waals surface area contributed by atoms with Gasteiger partial charge in [0.2, 0.25) is 0 Å². The Morgan fingerprint density at radius 3 is 2.65 bits per heavy atom. The first-order valence-electron chi connectivity index (χ1n) is 12.3. The summed E-state index contributed by atoms with van der Waals surface area (Å²) in [4.78, 5) is 27.4. The lowest BCUT2D eigenvalue weighted by Crippen LogP contribution is -2.50. The van der Waals surface area contributed by atoms with E-state index in [1.54, 1.807) is 0 Å². The Balaban J connectivity index is 1.59. The van der Waals surface area contributed by atoms with Crippen molar-refractivity contribution in [2.24, 2.45) is 23.7 Å². The molecule has 3 fully saturated rings. The Morgan fingerprint density at radius 2 is 1.90 bits per heavy atom. The van der Waals surface area contributed by atoms with Crippen molar-refractivity contribution in [2.75, 3.05) is 0 Å². The van der Waals surface area contributed by atoms with Crippen molar-refractivity contribution in [1.82, 2.24) is 4.90 Å². The van der Waals surface area contributed by atoms with Crippen molar-refractivity contribution in [3.63, 3.8) is 0 Å². The van der Waals surface area contributed by atoms with Crippen LogP contribution in [0.15, 0.2) is 23.8 Å². The summed E-state index contributed by atoms with van der Waals surface area (Å²) < 4.78 is 11.4. The van der Waals surface area contributed by atoms with Crippen molar-refractivity contribution in [1.29, 1.82) is 0 Å². The zero-order valence-corrected chi connectivity index (χ0v) is 19.8. The molecule has 0 N–H and O–H groups in total. The Labute approximate surface area is 187 Å². The third-order valence-corrected chi connectivity index (χ3v) is 7.65. The number of likely N-dealkylation sites (tertiary alicyclic amines) is 1. The largest absolute Gasteiger partial charge is 0.462 e. The van der Waals surface area contributed by atoms with Crippen molar-refractivity contribution < 1.29 is 19.1 Å². The number of ether oxygens (including phenoxy) is 2. The molecule has 5 heteroatoms. The molecular weight excluding hydrogens is 390 g/mol. The van der Waals surface area contributed by atoms with E-state index in [2.05, 4.69) is 25.2 Å². The fourth-order valence-corrected chi connectivity index (χ4v) is 6.30. The van der Waals surface area contributed by atoms with Gasteiger partial charge in [-0.2, -0.15) is 0 Å². The summed E-state index contributed by atoms with van der Waals surface area (Å²) in [6.07, 6.45) is 14.4. The Morgan fingerprint density at radius 1 is 1.13 bits per heavy atom. The van der Waals surface area contributed by atoms with Gasteiger partial charge in [0, 0.05) is 12.0 Å². The van der Waals surface area contributed by atoms with Crippen molar-refractivity contribution in [2.45, 2.75) is 103 Å². The summed E-state index contributed by atoms with van der Waals surface area (Å²) in [7, 11) is 0. The fraction of sp³-hybridized carbons (Fsp3) is 0.769. The molecular formula is C26H39NO4. The van der Waals surface area contributed by atoms with Crippen LogP contribution >= 0.6 is 0 Å². The zero-order valence-electron chi connectivity index (χ0n) is 19.8. The van der Waals surface area contributed by atoms with Gasteiger partial charge in [-0.1, -0.05) is 30.2 Å². The number of nitrogens with zero attached hydrogens (tertiary/aromatic N) is 1. The Hall–Kier alpha value is -1.78. The van der Waals surface area contributed by atoms with E-state index in [1.165, 1.54) is 24.8 Å². The van der Waals surface area contributed by atoms with E-state index >= 15 is 0 Å². The molecule has 2 aliphatic heterocycles. The molecule has 7 atom stereocenters. The van der Waals surface area contributed by atoms with E-state index in [-0.39, 0.29) is 42.1 Å². The van der Waals surface area contributed by atoms with Gasteiger partial charge in [0.05, 0.1) is 12.0 Å². The minimum absolute atomic E-state index is 0.0447. The molecule has 0 bridgehead atoms. The molecule has 1 amide bonds. The molecule has 2 heterocycles. The van der Waals surface area contributed by atoms with Crippen LogP contribution in [0, 0.1) is 23.7 Å². The molecule has 2 aliphatic carbocycles. The summed E-state index contributed by atoms with van der Waals surface area (Å²) in [5, 5.41) is 0. The van der Waals surface area contributed by atoms with E-state index in [1.807, 2.05) is 32.6 Å². The highest BCUT2D eigenvalue weighted by molar-refractivity contribution is 5.78. The SMILES string of the molecule is C[C@@H]1OC(=O)[C@@H]2C=C3CCCC[C@@H]3[C@@H](/C=C/[C@H]3CCC[C@H](C)N3C(=O)OC(C)(C)C)[C@@H]12. The van der Waals surface area contributed by atoms with Gasteiger partial charge in [-0.15, -0.1) is 0 Å². The minimum Gasteiger partial charge on any atom is -0.462 e. The molecule has 4 rings (SSSR count). The van der Waals surface area contributed by atoms with Crippen LogP contribution in [0.1, 0.15) is 79.6 Å². The standard InChI is InChI=1S/C26H39NO4/c1-16-9-8-11-19(27(16)25(29)31-26(3,4)5)13-14-21-20-12-7-6-10-18(20)15-22-23(21)17(2)30-24(22)28/h13-17,19-23H,6-12H2,1-5H3/b14-13+/t16-,17-,19+,20-,21+,22+,23+/m0/s1. The van der Waals surface area contributed by atoms with Gasteiger partial charge in [0.25, 0.3) is 0 Å². The van der Waals surface area contributed by atoms with Crippen LogP contribution in [-0.4, -0.2) is 40.8 Å². The second-order valence-corrected chi connectivity index (χ2v) is 11.0. The number of piperidine rings is 1. The summed E-state index contributed by atoms with van der Waals surface area (Å²) in [6.45, 7) is 9.92. The number of hydrogen-bond donors (Lipinski definition) is 0. The highest BCUT2D eigenvalue weighted by atomic mass is 16.6. The van der Waals surface area contributed by atoms with E-state index in [9.17, 15) is 9.59 Å². The van der Waals surface area contributed by atoms with Crippen LogP contribution in [0.3, 0.4) is 0 Å². The third kappa shape index (κ3) is 4.56. The lowest BCUT2D eigenvalue weighted by Gasteiger charge is -2.42. The third-order valence-electron chi connectivity index (χ3n) is 7.65. The van der Waals surface area contributed by atoms with Gasteiger partial charge < -0.3 is 9.47 Å². The first kappa shape index (κ1) is 22.4. The number of amides is 1. The van der Waals surface area contributed by atoms with Crippen molar-refractivity contribution >= 4 is 12.1 Å². The number of esters is 1. The van der Waals surface area contributed by atoms with Gasteiger partial charge in [0.15, 0.2) is 0 Å². The maximum atomic E-state index is 13.0. The molecule has 0 unspecified atom stereocenters. The number of carbonyl (C=O) groups excluding carboxylic acids is 2. The maximum Gasteiger partial charge on any atom is 0.411 e. The molecule has 31 heavy (non-hydrogen) atoms. The average molecular weight is 430 g/mol. The van der Waals surface area contributed by atoms with Gasteiger partial charge in [-0.25, -0.2) is 4.79 Å². The number of rotatable bonds is 2. The molecule has 1 saturated carbocycles. The maximum absolute atomic E-state index is 13.0. The average Bonchev–Trinajstić information content (AvgIpc) is 2.97. The Bertz CT molecular complexity index is 764. The van der Waals surface area contributed by atoms with Gasteiger partial charge >= 0.3 is 12.1 Å². The molecule has 0 aromatic rings. The normalized spacial score (nSPS) is 38.4. The summed E-state index contributed by atoms with van der Waals surface area (Å²) in [6, 6.07) is 0.209. The van der Waals surface area contributed by atoms with Crippen LogP contribution < -0.4 is 0 Å². The van der Waals surface area contributed by atoms with Gasteiger partial charge in [-0.3, -0.25) is 9.69 Å². The lowest BCUT2D eigenvalue weighted by atomic mass is 9.62. The summed E-state index contributed by atoms with van der Waals surface area (Å²) >= 11 is 0. The topological polar surface area (TPSA) is 55.8 Å². The van der Waals surface area contributed by atoms with Crippen LogP contribution in [0.2, 0.25) is 0 Å². The number of hydrogen-bond acceptors (Lipinski definition) is 4. The predicted octanol–water partition coefficient (Wildman–Crippen LogP) is 5.64. The highest BCUT2D eigenvalue weighted by Gasteiger charge is 2.50. The van der Waals surface area contributed by atoms with Crippen molar-refractivity contribution in [3.8, 4) is 0 Å². The fourth-order valence-electron chi connectivity index (χ4n) is 6.30.